The van der Waals surface area contributed by atoms with Crippen LogP contribution in [0.1, 0.15) is 40.3 Å². The summed E-state index contributed by atoms with van der Waals surface area (Å²) in [6.45, 7) is 5.52. The average Bonchev–Trinajstić information content (AvgIpc) is 2.71. The first-order valence-electron chi connectivity index (χ1n) is 9.20. The van der Waals surface area contributed by atoms with E-state index in [9.17, 15) is 15.3 Å². The van der Waals surface area contributed by atoms with Crippen LogP contribution in [-0.4, -0.2) is 22.4 Å². The number of rotatable bonds is 5. The summed E-state index contributed by atoms with van der Waals surface area (Å²) in [7, 11) is 1.53. The Kier molecular flexibility index (Phi) is 5.34. The van der Waals surface area contributed by atoms with Gasteiger partial charge in [0.15, 0.2) is 11.5 Å². The molecule has 3 aromatic rings. The number of aliphatic hydroxyl groups is 1. The summed E-state index contributed by atoms with van der Waals surface area (Å²) in [5.41, 5.74) is 4.25. The fraction of sp³-hybridized carbons (Fsp3) is 0.250. The molecule has 0 spiro atoms. The number of benzene rings is 3. The smallest absolute Gasteiger partial charge is 0.161 e. The van der Waals surface area contributed by atoms with Crippen LogP contribution in [0, 0.1) is 13.8 Å². The first kappa shape index (κ1) is 19.8. The van der Waals surface area contributed by atoms with Crippen molar-refractivity contribution in [1.82, 2.24) is 0 Å². The second-order valence-corrected chi connectivity index (χ2v) is 7.29. The van der Waals surface area contributed by atoms with Gasteiger partial charge >= 0.3 is 0 Å². The normalized spacial score (nSPS) is 13.2. The molecule has 28 heavy (non-hydrogen) atoms. The van der Waals surface area contributed by atoms with Gasteiger partial charge in [-0.1, -0.05) is 42.5 Å². The Hall–Kier alpha value is -2.98. The van der Waals surface area contributed by atoms with Crippen LogP contribution in [0.25, 0.3) is 0 Å². The molecule has 0 radical (unpaired) electrons. The molecule has 0 saturated carbocycles. The van der Waals surface area contributed by atoms with E-state index in [1.54, 1.807) is 0 Å². The zero-order chi connectivity index (χ0) is 20.5. The van der Waals surface area contributed by atoms with Gasteiger partial charge in [-0.3, -0.25) is 0 Å². The molecule has 1 atom stereocenters. The third-order valence-electron chi connectivity index (χ3n) is 5.54. The highest BCUT2D eigenvalue weighted by molar-refractivity contribution is 5.58. The molecule has 0 fully saturated rings. The van der Waals surface area contributed by atoms with E-state index in [1.807, 2.05) is 56.3 Å². The van der Waals surface area contributed by atoms with Gasteiger partial charge in [0.25, 0.3) is 0 Å². The SMILES string of the molecule is COc1cc(C(C)(c2ccccc2)c2cc(C)c(O)c(CO)c2)cc(C)c1O. The number of phenols is 2. The summed E-state index contributed by atoms with van der Waals surface area (Å²) in [6.07, 6.45) is 0. The fourth-order valence-electron chi connectivity index (χ4n) is 3.72. The lowest BCUT2D eigenvalue weighted by Crippen LogP contribution is -2.26. The van der Waals surface area contributed by atoms with Gasteiger partial charge in [-0.25, -0.2) is 0 Å². The fourth-order valence-corrected chi connectivity index (χ4v) is 3.72. The zero-order valence-electron chi connectivity index (χ0n) is 16.7. The molecule has 0 aliphatic heterocycles. The maximum atomic E-state index is 10.3. The first-order valence-corrected chi connectivity index (χ1v) is 9.20. The largest absolute Gasteiger partial charge is 0.507 e. The van der Waals surface area contributed by atoms with E-state index in [1.165, 1.54) is 7.11 Å². The summed E-state index contributed by atoms with van der Waals surface area (Å²) >= 11 is 0. The number of hydrogen-bond donors (Lipinski definition) is 3. The number of phenolic OH excluding ortho intramolecular Hbond substituents is 1. The molecule has 3 rings (SSSR count). The van der Waals surface area contributed by atoms with Crippen molar-refractivity contribution in [2.45, 2.75) is 32.8 Å². The third-order valence-corrected chi connectivity index (χ3v) is 5.54. The minimum Gasteiger partial charge on any atom is -0.507 e. The van der Waals surface area contributed by atoms with Crippen molar-refractivity contribution in [2.75, 3.05) is 7.11 Å². The second kappa shape index (κ2) is 7.56. The predicted molar refractivity (Wildman–Crippen MR) is 110 cm³/mol. The Bertz CT molecular complexity index is 934. The quantitative estimate of drug-likeness (QED) is 0.569. The maximum Gasteiger partial charge on any atom is 0.161 e. The van der Waals surface area contributed by atoms with Crippen molar-refractivity contribution in [3.8, 4) is 17.2 Å². The molecule has 0 aliphatic rings. The van der Waals surface area contributed by atoms with Crippen molar-refractivity contribution in [1.29, 1.82) is 0 Å². The highest BCUT2D eigenvalue weighted by atomic mass is 16.5. The van der Waals surface area contributed by atoms with Crippen LogP contribution in [0.4, 0.5) is 0 Å². The molecule has 3 N–H and O–H groups in total. The Labute approximate surface area is 165 Å². The Morgan fingerprint density at radius 2 is 1.39 bits per heavy atom. The Balaban J connectivity index is 2.36. The summed E-state index contributed by atoms with van der Waals surface area (Å²) in [5.74, 6) is 0.649. The van der Waals surface area contributed by atoms with Gasteiger partial charge in [-0.05, 0) is 60.7 Å². The standard InChI is InChI=1S/C24H26O4/c1-15-10-19(12-17(14-25)22(15)26)24(3,18-8-6-5-7-9-18)20-11-16(2)23(27)21(13-20)28-4/h5-13,25-27H,14H2,1-4H3. The van der Waals surface area contributed by atoms with Gasteiger partial charge in [0.2, 0.25) is 0 Å². The number of aromatic hydroxyl groups is 2. The van der Waals surface area contributed by atoms with Crippen molar-refractivity contribution in [3.63, 3.8) is 0 Å². The zero-order valence-corrected chi connectivity index (χ0v) is 16.7. The maximum absolute atomic E-state index is 10.3. The van der Waals surface area contributed by atoms with Gasteiger partial charge in [0, 0.05) is 11.0 Å². The van der Waals surface area contributed by atoms with Crippen LogP contribution in [0.3, 0.4) is 0 Å². The van der Waals surface area contributed by atoms with E-state index in [0.29, 0.717) is 16.9 Å². The molecule has 4 nitrogen and oxygen atoms in total. The lowest BCUT2D eigenvalue weighted by Gasteiger charge is -2.33. The highest BCUT2D eigenvalue weighted by Crippen LogP contribution is 2.44. The summed E-state index contributed by atoms with van der Waals surface area (Å²) in [6, 6.07) is 17.6. The number of ether oxygens (including phenoxy) is 1. The van der Waals surface area contributed by atoms with Gasteiger partial charge in [0.05, 0.1) is 13.7 Å². The van der Waals surface area contributed by atoms with Crippen LogP contribution >= 0.6 is 0 Å². The van der Waals surface area contributed by atoms with Crippen LogP contribution in [0.15, 0.2) is 54.6 Å². The lowest BCUT2D eigenvalue weighted by atomic mass is 9.70. The molecule has 0 aromatic heterocycles. The monoisotopic (exact) mass is 378 g/mol. The second-order valence-electron chi connectivity index (χ2n) is 7.29. The highest BCUT2D eigenvalue weighted by Gasteiger charge is 2.33. The molecule has 0 heterocycles. The van der Waals surface area contributed by atoms with Gasteiger partial charge in [0.1, 0.15) is 5.75 Å². The van der Waals surface area contributed by atoms with Gasteiger partial charge in [-0.2, -0.15) is 0 Å². The number of methoxy groups -OCH3 is 1. The minimum absolute atomic E-state index is 0.112. The first-order chi connectivity index (χ1) is 13.3. The molecule has 146 valence electrons. The van der Waals surface area contributed by atoms with Crippen LogP contribution in [0.2, 0.25) is 0 Å². The van der Waals surface area contributed by atoms with Crippen molar-refractivity contribution in [2.24, 2.45) is 0 Å². The van der Waals surface area contributed by atoms with Crippen LogP contribution in [-0.2, 0) is 12.0 Å². The molecule has 4 heteroatoms. The molecule has 1 unspecified atom stereocenters. The van der Waals surface area contributed by atoms with Crippen molar-refractivity contribution in [3.05, 3.63) is 88.0 Å². The lowest BCUT2D eigenvalue weighted by molar-refractivity contribution is 0.275. The molecule has 0 amide bonds. The Morgan fingerprint density at radius 1 is 0.821 bits per heavy atom. The van der Waals surface area contributed by atoms with Gasteiger partial charge < -0.3 is 20.1 Å². The van der Waals surface area contributed by atoms with E-state index in [-0.39, 0.29) is 18.1 Å². The summed E-state index contributed by atoms with van der Waals surface area (Å²) in [5, 5.41) is 30.3. The minimum atomic E-state index is -0.588. The topological polar surface area (TPSA) is 69.9 Å². The number of hydrogen-bond acceptors (Lipinski definition) is 4. The molecule has 0 aliphatic carbocycles. The number of aryl methyl sites for hydroxylation is 2. The van der Waals surface area contributed by atoms with Crippen molar-refractivity contribution < 1.29 is 20.1 Å². The average molecular weight is 378 g/mol. The van der Waals surface area contributed by atoms with Crippen LogP contribution < -0.4 is 4.74 Å². The third kappa shape index (κ3) is 3.20. The summed E-state index contributed by atoms with van der Waals surface area (Å²) < 4.78 is 5.39. The van der Waals surface area contributed by atoms with Crippen molar-refractivity contribution >= 4 is 0 Å². The molecule has 0 bridgehead atoms. The van der Waals surface area contributed by atoms with Gasteiger partial charge in [-0.15, -0.1) is 0 Å². The predicted octanol–water partition coefficient (Wildman–Crippen LogP) is 4.57. The van der Waals surface area contributed by atoms with Crippen LogP contribution in [0.5, 0.6) is 17.2 Å². The Morgan fingerprint density at radius 3 is 1.96 bits per heavy atom. The molecule has 0 saturated heterocycles. The molecular formula is C24H26O4. The summed E-state index contributed by atoms with van der Waals surface area (Å²) in [4.78, 5) is 0. The molecular weight excluding hydrogens is 352 g/mol. The van der Waals surface area contributed by atoms with E-state index < -0.39 is 5.41 Å². The van der Waals surface area contributed by atoms with E-state index >= 15 is 0 Å². The van der Waals surface area contributed by atoms with E-state index in [0.717, 1.165) is 22.3 Å². The van der Waals surface area contributed by atoms with E-state index in [2.05, 4.69) is 19.1 Å². The van der Waals surface area contributed by atoms with E-state index in [4.69, 9.17) is 4.74 Å². The number of aliphatic hydroxyl groups excluding tert-OH is 1. The molecule has 3 aromatic carbocycles.